The largest absolute Gasteiger partial charge is 0.291 e. The van der Waals surface area contributed by atoms with Crippen LogP contribution in [0.4, 0.5) is 0 Å². The molecule has 0 fully saturated rings. The van der Waals surface area contributed by atoms with E-state index in [1.54, 1.807) is 0 Å². The predicted molar refractivity (Wildman–Crippen MR) is 145 cm³/mol. The molecule has 0 bridgehead atoms. The van der Waals surface area contributed by atoms with E-state index in [1.165, 1.54) is 21.4 Å². The van der Waals surface area contributed by atoms with E-state index in [2.05, 4.69) is 41.3 Å². The van der Waals surface area contributed by atoms with Gasteiger partial charge in [-0.05, 0) is 36.8 Å². The summed E-state index contributed by atoms with van der Waals surface area (Å²) in [4.78, 5) is 18.3. The van der Waals surface area contributed by atoms with E-state index in [4.69, 9.17) is 5.10 Å². The van der Waals surface area contributed by atoms with E-state index < -0.39 is 0 Å². The third-order valence-corrected chi connectivity index (χ3v) is 6.76. The molecule has 36 heavy (non-hydrogen) atoms. The fourth-order valence-corrected chi connectivity index (χ4v) is 4.84. The van der Waals surface area contributed by atoms with Gasteiger partial charge >= 0.3 is 0 Å². The van der Waals surface area contributed by atoms with Crippen molar-refractivity contribution in [3.05, 3.63) is 129 Å². The Hall–Kier alpha value is -4.62. The second-order valence-corrected chi connectivity index (χ2v) is 9.41. The van der Waals surface area contributed by atoms with Crippen molar-refractivity contribution in [3.8, 4) is 16.9 Å². The zero-order valence-electron chi connectivity index (χ0n) is 19.4. The Morgan fingerprint density at radius 1 is 0.833 bits per heavy atom. The van der Waals surface area contributed by atoms with Crippen LogP contribution >= 0.6 is 11.3 Å². The lowest BCUT2D eigenvalue weighted by atomic mass is 10.1. The van der Waals surface area contributed by atoms with Crippen LogP contribution in [0.15, 0.2) is 95.9 Å². The van der Waals surface area contributed by atoms with Gasteiger partial charge in [-0.3, -0.25) is 4.79 Å². The highest BCUT2D eigenvalue weighted by atomic mass is 32.1. The molecular formula is C29H21N5OS. The molecule has 3 heterocycles. The van der Waals surface area contributed by atoms with Gasteiger partial charge in [0.25, 0.3) is 5.56 Å². The summed E-state index contributed by atoms with van der Waals surface area (Å²) < 4.78 is 3.77. The van der Waals surface area contributed by atoms with Crippen LogP contribution in [0, 0.1) is 6.92 Å². The van der Waals surface area contributed by atoms with Crippen molar-refractivity contribution in [1.82, 2.24) is 24.4 Å². The molecule has 174 valence electrons. The van der Waals surface area contributed by atoms with Gasteiger partial charge in [-0.1, -0.05) is 95.8 Å². The number of rotatable bonds is 5. The highest BCUT2D eigenvalue weighted by Crippen LogP contribution is 2.25. The van der Waals surface area contributed by atoms with E-state index in [-0.39, 0.29) is 5.56 Å². The van der Waals surface area contributed by atoms with Crippen LogP contribution < -0.4 is 10.1 Å². The second-order valence-electron chi connectivity index (χ2n) is 8.40. The van der Waals surface area contributed by atoms with Gasteiger partial charge in [0.05, 0.1) is 15.9 Å². The summed E-state index contributed by atoms with van der Waals surface area (Å²) in [5.74, 6) is 0.506. The number of aryl methyl sites for hydroxylation is 1. The maximum atomic E-state index is 13.2. The fourth-order valence-electron chi connectivity index (χ4n) is 3.94. The van der Waals surface area contributed by atoms with E-state index in [1.807, 2.05) is 89.8 Å². The average molecular weight is 488 g/mol. The first-order valence-corrected chi connectivity index (χ1v) is 12.3. The Labute approximate surface area is 211 Å². The van der Waals surface area contributed by atoms with Crippen molar-refractivity contribution in [3.63, 3.8) is 0 Å². The van der Waals surface area contributed by atoms with Gasteiger partial charge in [-0.25, -0.2) is 4.68 Å². The van der Waals surface area contributed by atoms with Crippen molar-refractivity contribution in [1.29, 1.82) is 0 Å². The number of fused-ring (bicyclic) bond motifs is 1. The highest BCUT2D eigenvalue weighted by molar-refractivity contribution is 7.15. The van der Waals surface area contributed by atoms with Crippen molar-refractivity contribution in [2.75, 3.05) is 0 Å². The van der Waals surface area contributed by atoms with Crippen molar-refractivity contribution >= 4 is 34.5 Å². The normalized spacial score (nSPS) is 12.2. The van der Waals surface area contributed by atoms with Crippen LogP contribution in [-0.2, 0) is 0 Å². The molecule has 0 spiro atoms. The SMILES string of the molecule is Cc1ccc(-c2nn(-c3ccccc3)cc2C=c2sc3nc(C=Cc4ccccc4)nn3c2=O)cc1. The van der Waals surface area contributed by atoms with Gasteiger partial charge in [0, 0.05) is 17.3 Å². The molecule has 3 aromatic carbocycles. The molecule has 6 nitrogen and oxygen atoms in total. The Balaban J connectivity index is 1.42. The topological polar surface area (TPSA) is 65.1 Å². The highest BCUT2D eigenvalue weighted by Gasteiger charge is 2.14. The van der Waals surface area contributed by atoms with Crippen LogP contribution in [-0.4, -0.2) is 24.4 Å². The molecule has 6 rings (SSSR count). The minimum atomic E-state index is -0.191. The molecule has 0 radical (unpaired) electrons. The Morgan fingerprint density at radius 2 is 1.56 bits per heavy atom. The quantitative estimate of drug-likeness (QED) is 0.342. The number of aromatic nitrogens is 5. The molecule has 0 N–H and O–H groups in total. The summed E-state index contributed by atoms with van der Waals surface area (Å²) in [6, 6.07) is 28.1. The maximum absolute atomic E-state index is 13.2. The lowest BCUT2D eigenvalue weighted by molar-refractivity contribution is 0.884. The summed E-state index contributed by atoms with van der Waals surface area (Å²) in [6.45, 7) is 2.06. The second kappa shape index (κ2) is 9.20. The molecule has 0 amide bonds. The van der Waals surface area contributed by atoms with Gasteiger partial charge < -0.3 is 0 Å². The summed E-state index contributed by atoms with van der Waals surface area (Å²) in [5.41, 5.74) is 5.64. The molecule has 0 saturated heterocycles. The average Bonchev–Trinajstić information content (AvgIpc) is 3.59. The first kappa shape index (κ1) is 21.9. The van der Waals surface area contributed by atoms with E-state index >= 15 is 0 Å². The third-order valence-electron chi connectivity index (χ3n) is 5.80. The standard InChI is InChI=1S/C29H21N5OS/c1-20-12-15-22(16-13-20)27-23(19-33(32-27)24-10-6-3-7-11-24)18-25-28(35)34-29(36-25)30-26(31-34)17-14-21-8-4-2-5-9-21/h2-19H,1H3. The third kappa shape index (κ3) is 4.28. The first-order valence-electron chi connectivity index (χ1n) is 11.5. The molecule has 7 heteroatoms. The molecule has 0 aliphatic rings. The Morgan fingerprint density at radius 3 is 2.28 bits per heavy atom. The zero-order chi connectivity index (χ0) is 24.5. The maximum Gasteiger partial charge on any atom is 0.291 e. The van der Waals surface area contributed by atoms with Crippen LogP contribution in [0.1, 0.15) is 22.5 Å². The lowest BCUT2D eigenvalue weighted by Gasteiger charge is -2.01. The van der Waals surface area contributed by atoms with E-state index in [9.17, 15) is 4.79 Å². The predicted octanol–water partition coefficient (Wildman–Crippen LogP) is 5.03. The number of nitrogens with zero attached hydrogens (tertiary/aromatic N) is 5. The molecule has 0 unspecified atom stereocenters. The van der Waals surface area contributed by atoms with Crippen molar-refractivity contribution in [2.45, 2.75) is 6.92 Å². The smallest absolute Gasteiger partial charge is 0.266 e. The number of hydrogen-bond donors (Lipinski definition) is 0. The fraction of sp³-hybridized carbons (Fsp3) is 0.0345. The minimum Gasteiger partial charge on any atom is -0.266 e. The number of benzene rings is 3. The number of para-hydroxylation sites is 1. The van der Waals surface area contributed by atoms with Gasteiger partial charge in [0.15, 0.2) is 5.82 Å². The minimum absolute atomic E-state index is 0.191. The summed E-state index contributed by atoms with van der Waals surface area (Å²) >= 11 is 1.32. The lowest BCUT2D eigenvalue weighted by Crippen LogP contribution is -2.23. The summed E-state index contributed by atoms with van der Waals surface area (Å²) in [6.07, 6.45) is 7.58. The van der Waals surface area contributed by atoms with Gasteiger partial charge in [0.1, 0.15) is 0 Å². The first-order chi connectivity index (χ1) is 17.6. The Bertz CT molecular complexity index is 1800. The molecular weight excluding hydrogens is 466 g/mol. The van der Waals surface area contributed by atoms with Crippen LogP contribution in [0.2, 0.25) is 0 Å². The van der Waals surface area contributed by atoms with E-state index in [0.29, 0.717) is 15.3 Å². The van der Waals surface area contributed by atoms with Crippen molar-refractivity contribution in [2.24, 2.45) is 0 Å². The summed E-state index contributed by atoms with van der Waals surface area (Å²) in [7, 11) is 0. The number of hydrogen-bond acceptors (Lipinski definition) is 5. The number of thiazole rings is 1. The Kier molecular flexibility index (Phi) is 5.59. The van der Waals surface area contributed by atoms with Gasteiger partial charge in [-0.2, -0.15) is 14.6 Å². The molecule has 6 aromatic rings. The van der Waals surface area contributed by atoms with Gasteiger partial charge in [0.2, 0.25) is 4.96 Å². The zero-order valence-corrected chi connectivity index (χ0v) is 20.3. The van der Waals surface area contributed by atoms with Crippen LogP contribution in [0.25, 0.3) is 40.1 Å². The molecule has 0 aliphatic carbocycles. The summed E-state index contributed by atoms with van der Waals surface area (Å²) in [5, 5.41) is 9.26. The van der Waals surface area contributed by atoms with Crippen LogP contribution in [0.3, 0.4) is 0 Å². The van der Waals surface area contributed by atoms with Gasteiger partial charge in [-0.15, -0.1) is 5.10 Å². The molecule has 0 atom stereocenters. The van der Waals surface area contributed by atoms with E-state index in [0.717, 1.165) is 28.1 Å². The molecule has 3 aromatic heterocycles. The molecule has 0 saturated carbocycles. The monoisotopic (exact) mass is 487 g/mol. The van der Waals surface area contributed by atoms with Crippen molar-refractivity contribution < 1.29 is 0 Å². The van der Waals surface area contributed by atoms with Crippen LogP contribution in [0.5, 0.6) is 0 Å². The molecule has 0 aliphatic heterocycles.